The Hall–Kier alpha value is -1.43. The third-order valence-electron chi connectivity index (χ3n) is 4.09. The number of sulfone groups is 1. The van der Waals surface area contributed by atoms with Crippen molar-refractivity contribution in [2.45, 2.75) is 39.2 Å². The highest BCUT2D eigenvalue weighted by atomic mass is 32.2. The summed E-state index contributed by atoms with van der Waals surface area (Å²) in [6, 6.07) is 4.52. The van der Waals surface area contributed by atoms with Gasteiger partial charge in [-0.25, -0.2) is 12.8 Å². The van der Waals surface area contributed by atoms with Gasteiger partial charge >= 0.3 is 0 Å². The summed E-state index contributed by atoms with van der Waals surface area (Å²) in [7, 11) is -3.37. The van der Waals surface area contributed by atoms with Crippen molar-refractivity contribution < 1.29 is 17.6 Å². The molecule has 1 amide bonds. The zero-order valence-electron chi connectivity index (χ0n) is 12.9. The maximum Gasteiger partial charge on any atom is 0.235 e. The molecule has 1 aliphatic rings. The zero-order valence-corrected chi connectivity index (χ0v) is 13.7. The number of rotatable bonds is 5. The van der Waals surface area contributed by atoms with E-state index in [4.69, 9.17) is 0 Å². The van der Waals surface area contributed by atoms with Crippen LogP contribution in [-0.4, -0.2) is 25.8 Å². The van der Waals surface area contributed by atoms with E-state index in [0.29, 0.717) is 18.4 Å². The van der Waals surface area contributed by atoms with Gasteiger partial charge in [0, 0.05) is 0 Å². The summed E-state index contributed by atoms with van der Waals surface area (Å²) in [5, 5.41) is 2.78. The molecule has 122 valence electrons. The van der Waals surface area contributed by atoms with Crippen molar-refractivity contribution >= 4 is 15.7 Å². The van der Waals surface area contributed by atoms with Crippen molar-refractivity contribution in [3.05, 3.63) is 35.1 Å². The fourth-order valence-corrected chi connectivity index (χ4v) is 4.24. The van der Waals surface area contributed by atoms with Crippen LogP contribution in [-0.2, 0) is 21.1 Å². The number of carbonyl (C=O) groups excluding carboxylic acids is 1. The van der Waals surface area contributed by atoms with E-state index >= 15 is 0 Å². The normalized spacial score (nSPS) is 21.2. The number of nitrogens with one attached hydrogen (secondary N) is 1. The lowest BCUT2D eigenvalue weighted by atomic mass is 9.80. The SMILES string of the molecule is CCCS(=O)(=O)CC(=O)N[C@H]1c2cccc(F)c2CC[C@H]1C. The van der Waals surface area contributed by atoms with E-state index in [1.54, 1.807) is 19.1 Å². The van der Waals surface area contributed by atoms with Crippen molar-refractivity contribution in [3.63, 3.8) is 0 Å². The molecule has 0 fully saturated rings. The first-order chi connectivity index (χ1) is 10.3. The Morgan fingerprint density at radius 1 is 1.41 bits per heavy atom. The lowest BCUT2D eigenvalue weighted by Gasteiger charge is -2.32. The standard InChI is InChI=1S/C16H22FNO3S/c1-3-9-22(20,21)10-15(19)18-16-11(2)7-8-12-13(16)5-4-6-14(12)17/h4-6,11,16H,3,7-10H2,1-2H3,(H,18,19)/t11-,16-/m1/s1. The second-order valence-corrected chi connectivity index (χ2v) is 8.14. The van der Waals surface area contributed by atoms with Crippen LogP contribution in [0.15, 0.2) is 18.2 Å². The fraction of sp³-hybridized carbons (Fsp3) is 0.562. The molecule has 0 unspecified atom stereocenters. The lowest BCUT2D eigenvalue weighted by Crippen LogP contribution is -2.39. The molecular weight excluding hydrogens is 305 g/mol. The fourth-order valence-electron chi connectivity index (χ4n) is 2.99. The molecule has 1 aromatic rings. The molecule has 0 heterocycles. The Kier molecular flexibility index (Phi) is 5.21. The summed E-state index contributed by atoms with van der Waals surface area (Å²) < 4.78 is 37.4. The molecule has 2 rings (SSSR count). The van der Waals surface area contributed by atoms with Crippen LogP contribution in [0, 0.1) is 11.7 Å². The number of fused-ring (bicyclic) bond motifs is 1. The van der Waals surface area contributed by atoms with Crippen LogP contribution in [0.5, 0.6) is 0 Å². The molecule has 0 bridgehead atoms. The van der Waals surface area contributed by atoms with Crippen LogP contribution in [0.2, 0.25) is 0 Å². The van der Waals surface area contributed by atoms with E-state index in [9.17, 15) is 17.6 Å². The second-order valence-electron chi connectivity index (χ2n) is 5.96. The maximum absolute atomic E-state index is 13.9. The number of amides is 1. The van der Waals surface area contributed by atoms with Crippen LogP contribution in [0.1, 0.15) is 43.9 Å². The monoisotopic (exact) mass is 327 g/mol. The second kappa shape index (κ2) is 6.77. The minimum absolute atomic E-state index is 0.00581. The van der Waals surface area contributed by atoms with Gasteiger partial charge in [-0.3, -0.25) is 4.79 Å². The number of hydrogen-bond acceptors (Lipinski definition) is 3. The van der Waals surface area contributed by atoms with Gasteiger partial charge in [0.25, 0.3) is 0 Å². The van der Waals surface area contributed by atoms with Crippen LogP contribution in [0.4, 0.5) is 4.39 Å². The van der Waals surface area contributed by atoms with Crippen LogP contribution < -0.4 is 5.32 Å². The Morgan fingerprint density at radius 3 is 2.82 bits per heavy atom. The zero-order chi connectivity index (χ0) is 16.3. The number of carbonyl (C=O) groups is 1. The molecule has 1 N–H and O–H groups in total. The van der Waals surface area contributed by atoms with Gasteiger partial charge in [-0.2, -0.15) is 0 Å². The molecule has 0 aromatic heterocycles. The van der Waals surface area contributed by atoms with Crippen molar-refractivity contribution in [1.82, 2.24) is 5.32 Å². The summed E-state index contributed by atoms with van der Waals surface area (Å²) in [5.74, 6) is -1.13. The van der Waals surface area contributed by atoms with Gasteiger partial charge in [-0.1, -0.05) is 26.0 Å². The molecule has 1 aliphatic carbocycles. The van der Waals surface area contributed by atoms with E-state index in [0.717, 1.165) is 12.0 Å². The summed E-state index contributed by atoms with van der Waals surface area (Å²) in [4.78, 5) is 12.1. The Morgan fingerprint density at radius 2 is 2.14 bits per heavy atom. The smallest absolute Gasteiger partial charge is 0.235 e. The molecule has 0 saturated carbocycles. The van der Waals surface area contributed by atoms with Gasteiger partial charge < -0.3 is 5.32 Å². The molecule has 0 radical (unpaired) electrons. The summed E-state index contributed by atoms with van der Waals surface area (Å²) in [6.45, 7) is 3.75. The molecule has 0 spiro atoms. The van der Waals surface area contributed by atoms with E-state index in [1.165, 1.54) is 6.07 Å². The van der Waals surface area contributed by atoms with E-state index in [2.05, 4.69) is 5.32 Å². The summed E-state index contributed by atoms with van der Waals surface area (Å²) in [5.41, 5.74) is 1.39. The van der Waals surface area contributed by atoms with Gasteiger partial charge in [0.15, 0.2) is 9.84 Å². The van der Waals surface area contributed by atoms with Crippen molar-refractivity contribution in [2.75, 3.05) is 11.5 Å². The predicted molar refractivity (Wildman–Crippen MR) is 83.7 cm³/mol. The quantitative estimate of drug-likeness (QED) is 0.903. The number of halogens is 1. The van der Waals surface area contributed by atoms with E-state index in [-0.39, 0.29) is 23.5 Å². The molecule has 0 aliphatic heterocycles. The number of hydrogen-bond donors (Lipinski definition) is 1. The van der Waals surface area contributed by atoms with Crippen molar-refractivity contribution in [2.24, 2.45) is 5.92 Å². The maximum atomic E-state index is 13.9. The average molecular weight is 327 g/mol. The van der Waals surface area contributed by atoms with Crippen LogP contribution in [0.3, 0.4) is 0 Å². The predicted octanol–water partition coefficient (Wildman–Crippen LogP) is 2.39. The highest BCUT2D eigenvalue weighted by Gasteiger charge is 2.30. The molecule has 22 heavy (non-hydrogen) atoms. The summed E-state index contributed by atoms with van der Waals surface area (Å²) >= 11 is 0. The van der Waals surface area contributed by atoms with E-state index in [1.807, 2.05) is 6.92 Å². The van der Waals surface area contributed by atoms with Crippen molar-refractivity contribution in [1.29, 1.82) is 0 Å². The van der Waals surface area contributed by atoms with Gasteiger partial charge in [-0.15, -0.1) is 0 Å². The highest BCUT2D eigenvalue weighted by Crippen LogP contribution is 2.35. The molecule has 1 aromatic carbocycles. The Balaban J connectivity index is 2.16. The lowest BCUT2D eigenvalue weighted by molar-refractivity contribution is -0.119. The largest absolute Gasteiger partial charge is 0.348 e. The topological polar surface area (TPSA) is 63.2 Å². The first-order valence-electron chi connectivity index (χ1n) is 7.61. The Labute approximate surface area is 131 Å². The minimum atomic E-state index is -3.37. The first kappa shape index (κ1) is 16.9. The van der Waals surface area contributed by atoms with Crippen LogP contribution >= 0.6 is 0 Å². The van der Waals surface area contributed by atoms with Gasteiger partial charge in [0.2, 0.25) is 5.91 Å². The van der Waals surface area contributed by atoms with Gasteiger partial charge in [0.1, 0.15) is 11.6 Å². The highest BCUT2D eigenvalue weighted by molar-refractivity contribution is 7.92. The molecule has 6 heteroatoms. The summed E-state index contributed by atoms with van der Waals surface area (Å²) in [6.07, 6.45) is 1.90. The minimum Gasteiger partial charge on any atom is -0.348 e. The third kappa shape index (κ3) is 3.85. The third-order valence-corrected chi connectivity index (χ3v) is 5.82. The van der Waals surface area contributed by atoms with Gasteiger partial charge in [-0.05, 0) is 42.4 Å². The van der Waals surface area contributed by atoms with E-state index < -0.39 is 21.5 Å². The molecule has 4 nitrogen and oxygen atoms in total. The van der Waals surface area contributed by atoms with Crippen LogP contribution in [0.25, 0.3) is 0 Å². The van der Waals surface area contributed by atoms with Crippen molar-refractivity contribution in [3.8, 4) is 0 Å². The van der Waals surface area contributed by atoms with Gasteiger partial charge in [0.05, 0.1) is 11.8 Å². The molecular formula is C16H22FNO3S. The molecule has 2 atom stereocenters. The average Bonchev–Trinajstić information content (AvgIpc) is 2.41. The first-order valence-corrected chi connectivity index (χ1v) is 9.43. The Bertz CT molecular complexity index is 657. The number of benzene rings is 1. The molecule has 0 saturated heterocycles.